The fraction of sp³-hybridized carbons (Fsp3) is 0.412. The minimum Gasteiger partial charge on any atom is -0.478 e. The summed E-state index contributed by atoms with van der Waals surface area (Å²) in [6, 6.07) is 7.11. The maximum Gasteiger partial charge on any atom is 0.335 e. The number of carboxylic acids is 1. The fourth-order valence-corrected chi connectivity index (χ4v) is 2.53. The van der Waals surface area contributed by atoms with Crippen molar-refractivity contribution in [1.29, 1.82) is 0 Å². The first-order valence-electron chi connectivity index (χ1n) is 7.55. The molecule has 0 radical (unpaired) electrons. The summed E-state index contributed by atoms with van der Waals surface area (Å²) < 4.78 is 4.56. The lowest BCUT2D eigenvalue weighted by Gasteiger charge is -2.04. The molecule has 0 unspecified atom stereocenters. The van der Waals surface area contributed by atoms with E-state index in [1.165, 1.54) is 18.7 Å². The number of carbonyl (C=O) groups is 1. The summed E-state index contributed by atoms with van der Waals surface area (Å²) >= 11 is 0. The van der Waals surface area contributed by atoms with Gasteiger partial charge in [0.1, 0.15) is 18.9 Å². The number of aromatic carboxylic acids is 1. The van der Waals surface area contributed by atoms with Crippen molar-refractivity contribution in [2.24, 2.45) is 0 Å². The van der Waals surface area contributed by atoms with E-state index in [0.29, 0.717) is 5.56 Å². The number of benzene rings is 1. The van der Waals surface area contributed by atoms with E-state index in [-0.39, 0.29) is 0 Å². The molecule has 0 atom stereocenters. The van der Waals surface area contributed by atoms with Gasteiger partial charge >= 0.3 is 5.97 Å². The summed E-state index contributed by atoms with van der Waals surface area (Å²) in [6.07, 6.45) is 7.62. The van der Waals surface area contributed by atoms with Crippen LogP contribution in [0.3, 0.4) is 0 Å². The Bertz CT molecular complexity index is 600. The molecule has 0 aliphatic heterocycles. The summed E-state index contributed by atoms with van der Waals surface area (Å²) in [5.41, 5.74) is 1.45. The lowest BCUT2D eigenvalue weighted by Crippen LogP contribution is -2.37. The van der Waals surface area contributed by atoms with Crippen molar-refractivity contribution in [2.75, 3.05) is 0 Å². The van der Waals surface area contributed by atoms with Crippen LogP contribution in [0.15, 0.2) is 36.7 Å². The average molecular weight is 287 g/mol. The van der Waals surface area contributed by atoms with E-state index >= 15 is 0 Å². The summed E-state index contributed by atoms with van der Waals surface area (Å²) in [6.45, 7) is 6.21. The maximum absolute atomic E-state index is 10.9. The van der Waals surface area contributed by atoms with Crippen LogP contribution in [-0.2, 0) is 19.5 Å². The minimum atomic E-state index is -0.880. The molecular formula is C17H23N2O2+. The molecule has 2 aromatic rings. The molecule has 0 bridgehead atoms. The molecule has 4 nitrogen and oxygen atoms in total. The highest BCUT2D eigenvalue weighted by atomic mass is 16.4. The van der Waals surface area contributed by atoms with Gasteiger partial charge in [-0.25, -0.2) is 13.9 Å². The zero-order chi connectivity index (χ0) is 15.2. The first-order chi connectivity index (χ1) is 10.2. The van der Waals surface area contributed by atoms with Gasteiger partial charge in [-0.3, -0.25) is 0 Å². The number of aromatic nitrogens is 2. The van der Waals surface area contributed by atoms with Crippen LogP contribution in [0.5, 0.6) is 0 Å². The van der Waals surface area contributed by atoms with Crippen LogP contribution >= 0.6 is 0 Å². The van der Waals surface area contributed by atoms with E-state index < -0.39 is 5.97 Å². The number of unbranched alkanes of at least 4 members (excludes halogenated alkanes) is 1. The number of carboxylic acid groups (broad SMARTS) is 1. The van der Waals surface area contributed by atoms with E-state index in [1.807, 2.05) is 12.1 Å². The summed E-state index contributed by atoms with van der Waals surface area (Å²) in [7, 11) is 0. The molecule has 0 aliphatic rings. The van der Waals surface area contributed by atoms with Gasteiger partial charge in [-0.05, 0) is 24.1 Å². The number of hydrogen-bond donors (Lipinski definition) is 1. The van der Waals surface area contributed by atoms with Crippen LogP contribution in [0, 0.1) is 0 Å². The van der Waals surface area contributed by atoms with Gasteiger partial charge in [0, 0.05) is 6.42 Å². The van der Waals surface area contributed by atoms with Crippen LogP contribution in [0.2, 0.25) is 0 Å². The molecule has 0 spiro atoms. The second kappa shape index (κ2) is 7.07. The normalized spacial score (nSPS) is 10.8. The minimum absolute atomic E-state index is 0.333. The number of hydrogen-bond acceptors (Lipinski definition) is 1. The van der Waals surface area contributed by atoms with Gasteiger partial charge in [0.25, 0.3) is 5.82 Å². The molecule has 1 aromatic heterocycles. The Kier molecular flexibility index (Phi) is 5.14. The van der Waals surface area contributed by atoms with E-state index in [0.717, 1.165) is 25.1 Å². The predicted molar refractivity (Wildman–Crippen MR) is 81.4 cm³/mol. The Morgan fingerprint density at radius 3 is 2.52 bits per heavy atom. The first-order valence-corrected chi connectivity index (χ1v) is 7.55. The van der Waals surface area contributed by atoms with Crippen LogP contribution in [0.25, 0.3) is 0 Å². The van der Waals surface area contributed by atoms with Gasteiger partial charge in [0.2, 0.25) is 0 Å². The summed E-state index contributed by atoms with van der Waals surface area (Å²) in [4.78, 5) is 10.9. The van der Waals surface area contributed by atoms with Gasteiger partial charge < -0.3 is 5.11 Å². The molecule has 112 valence electrons. The average Bonchev–Trinajstić information content (AvgIpc) is 2.87. The Morgan fingerprint density at radius 2 is 1.95 bits per heavy atom. The molecule has 1 N–H and O–H groups in total. The van der Waals surface area contributed by atoms with Crippen LogP contribution in [0.1, 0.15) is 48.4 Å². The third kappa shape index (κ3) is 3.72. The highest BCUT2D eigenvalue weighted by Crippen LogP contribution is 2.06. The van der Waals surface area contributed by atoms with Crippen molar-refractivity contribution < 1.29 is 14.5 Å². The molecular weight excluding hydrogens is 264 g/mol. The van der Waals surface area contributed by atoms with Crippen molar-refractivity contribution in [2.45, 2.75) is 46.2 Å². The predicted octanol–water partition coefficient (Wildman–Crippen LogP) is 2.88. The highest BCUT2D eigenvalue weighted by molar-refractivity contribution is 5.87. The number of rotatable bonds is 7. The Labute approximate surface area is 125 Å². The van der Waals surface area contributed by atoms with Crippen LogP contribution in [-0.4, -0.2) is 15.6 Å². The van der Waals surface area contributed by atoms with Gasteiger partial charge in [-0.1, -0.05) is 32.4 Å². The molecule has 0 saturated carbocycles. The maximum atomic E-state index is 10.9. The van der Waals surface area contributed by atoms with Crippen molar-refractivity contribution in [3.05, 3.63) is 53.6 Å². The molecule has 2 rings (SSSR count). The monoisotopic (exact) mass is 287 g/mol. The van der Waals surface area contributed by atoms with Gasteiger partial charge in [-0.2, -0.15) is 0 Å². The summed E-state index contributed by atoms with van der Waals surface area (Å²) in [5.74, 6) is 0.430. The third-order valence-electron chi connectivity index (χ3n) is 3.71. The van der Waals surface area contributed by atoms with E-state index in [4.69, 9.17) is 5.11 Å². The molecule has 0 saturated heterocycles. The van der Waals surface area contributed by atoms with Crippen LogP contribution in [0.4, 0.5) is 0 Å². The standard InChI is InChI=1S/C17H22N2O2/c1-3-5-10-18-11-12-19(16(18)4-2)13-14-6-8-15(9-7-14)17(20)21/h6-9,11-12H,3-5,10,13H2,1-2H3/p+1. The zero-order valence-electron chi connectivity index (χ0n) is 12.7. The lowest BCUT2D eigenvalue weighted by molar-refractivity contribution is -0.695. The second-order valence-electron chi connectivity index (χ2n) is 5.24. The largest absolute Gasteiger partial charge is 0.478 e. The van der Waals surface area contributed by atoms with Crippen molar-refractivity contribution in [1.82, 2.24) is 4.57 Å². The smallest absolute Gasteiger partial charge is 0.335 e. The fourth-order valence-electron chi connectivity index (χ4n) is 2.53. The Morgan fingerprint density at radius 1 is 1.24 bits per heavy atom. The number of nitrogens with zero attached hydrogens (tertiary/aromatic N) is 2. The zero-order valence-corrected chi connectivity index (χ0v) is 12.7. The number of imidazole rings is 1. The molecule has 21 heavy (non-hydrogen) atoms. The molecule has 0 fully saturated rings. The van der Waals surface area contributed by atoms with Gasteiger partial charge in [0.05, 0.1) is 12.1 Å². The quantitative estimate of drug-likeness (QED) is 0.796. The second-order valence-corrected chi connectivity index (χ2v) is 5.24. The summed E-state index contributed by atoms with van der Waals surface area (Å²) in [5, 5.41) is 8.92. The first kappa shape index (κ1) is 15.3. The van der Waals surface area contributed by atoms with Crippen molar-refractivity contribution in [3.63, 3.8) is 0 Å². The van der Waals surface area contributed by atoms with Gasteiger partial charge in [-0.15, -0.1) is 0 Å². The molecule has 0 aliphatic carbocycles. The Hall–Kier alpha value is -2.10. The van der Waals surface area contributed by atoms with E-state index in [2.05, 4.69) is 35.4 Å². The SMILES string of the molecule is CCCCn1cc[n+](Cc2ccc(C(=O)O)cc2)c1CC. The van der Waals surface area contributed by atoms with E-state index in [9.17, 15) is 4.79 Å². The van der Waals surface area contributed by atoms with E-state index in [1.54, 1.807) is 12.1 Å². The third-order valence-corrected chi connectivity index (χ3v) is 3.71. The molecule has 4 heteroatoms. The van der Waals surface area contributed by atoms with Crippen LogP contribution < -0.4 is 4.57 Å². The molecule has 1 heterocycles. The molecule has 0 amide bonds. The topological polar surface area (TPSA) is 46.1 Å². The Balaban J connectivity index is 2.15. The number of aryl methyl sites for hydroxylation is 1. The van der Waals surface area contributed by atoms with Crippen molar-refractivity contribution in [3.8, 4) is 0 Å². The van der Waals surface area contributed by atoms with Gasteiger partial charge in [0.15, 0.2) is 0 Å². The van der Waals surface area contributed by atoms with Crippen molar-refractivity contribution >= 4 is 5.97 Å². The lowest BCUT2D eigenvalue weighted by atomic mass is 10.1. The molecule has 1 aromatic carbocycles. The highest BCUT2D eigenvalue weighted by Gasteiger charge is 2.15.